The first kappa shape index (κ1) is 18.8. The van der Waals surface area contributed by atoms with Crippen LogP contribution in [-0.2, 0) is 9.53 Å². The summed E-state index contributed by atoms with van der Waals surface area (Å²) in [7, 11) is 0. The highest BCUT2D eigenvalue weighted by Crippen LogP contribution is 2.25. The summed E-state index contributed by atoms with van der Waals surface area (Å²) in [5.41, 5.74) is 0.387. The summed E-state index contributed by atoms with van der Waals surface area (Å²) in [6.07, 6.45) is -0.705. The van der Waals surface area contributed by atoms with Gasteiger partial charge in [-0.15, -0.1) is 0 Å². The number of carbonyl (C=O) groups is 2. The lowest BCUT2D eigenvalue weighted by Crippen LogP contribution is -2.46. The summed E-state index contributed by atoms with van der Waals surface area (Å²) in [4.78, 5) is 24.9. The smallest absolute Gasteiger partial charge is 0.306 e. The Labute approximate surface area is 153 Å². The normalized spacial score (nSPS) is 16.8. The molecule has 1 heterocycles. The van der Waals surface area contributed by atoms with E-state index in [1.807, 2.05) is 0 Å². The maximum Gasteiger partial charge on any atom is 0.306 e. The zero-order valence-corrected chi connectivity index (χ0v) is 14.2. The first-order valence-electron chi connectivity index (χ1n) is 8.28. The van der Waals surface area contributed by atoms with Crippen molar-refractivity contribution in [1.29, 1.82) is 0 Å². The van der Waals surface area contributed by atoms with Crippen LogP contribution in [-0.4, -0.2) is 47.7 Å². The summed E-state index contributed by atoms with van der Waals surface area (Å²) in [5, 5.41) is 8.85. The minimum Gasteiger partial charge on any atom is -0.481 e. The molecule has 27 heavy (non-hydrogen) atoms. The molecule has 0 radical (unpaired) electrons. The number of rotatable bonds is 5. The van der Waals surface area contributed by atoms with E-state index in [9.17, 15) is 18.4 Å². The van der Waals surface area contributed by atoms with Gasteiger partial charge in [0.25, 0.3) is 5.91 Å². The number of halogens is 2. The van der Waals surface area contributed by atoms with Gasteiger partial charge in [-0.3, -0.25) is 9.59 Å². The van der Waals surface area contributed by atoms with Gasteiger partial charge in [-0.1, -0.05) is 0 Å². The van der Waals surface area contributed by atoms with E-state index in [4.69, 9.17) is 14.6 Å². The highest BCUT2D eigenvalue weighted by Gasteiger charge is 2.26. The minimum absolute atomic E-state index is 0.125. The fourth-order valence-corrected chi connectivity index (χ4v) is 2.76. The molecule has 1 atom stereocenters. The van der Waals surface area contributed by atoms with Crippen LogP contribution < -0.4 is 4.74 Å². The van der Waals surface area contributed by atoms with Crippen molar-refractivity contribution in [3.8, 4) is 11.5 Å². The number of carboxylic acid groups (broad SMARTS) is 1. The van der Waals surface area contributed by atoms with Gasteiger partial charge < -0.3 is 19.5 Å². The minimum atomic E-state index is -0.983. The van der Waals surface area contributed by atoms with E-state index in [2.05, 4.69) is 0 Å². The number of ether oxygens (including phenoxy) is 2. The number of nitrogens with zero attached hydrogens (tertiary/aromatic N) is 1. The van der Waals surface area contributed by atoms with Crippen molar-refractivity contribution in [1.82, 2.24) is 4.90 Å². The number of hydrogen-bond donors (Lipinski definition) is 1. The van der Waals surface area contributed by atoms with Crippen molar-refractivity contribution < 1.29 is 33.0 Å². The molecular formula is C19H17F2NO5. The Morgan fingerprint density at radius 2 is 1.93 bits per heavy atom. The number of morpholine rings is 1. The maximum atomic E-state index is 13.6. The summed E-state index contributed by atoms with van der Waals surface area (Å²) in [6, 6.07) is 9.06. The zero-order chi connectivity index (χ0) is 19.4. The van der Waals surface area contributed by atoms with Crippen LogP contribution in [0.2, 0.25) is 0 Å². The third-order valence-electron chi connectivity index (χ3n) is 4.05. The van der Waals surface area contributed by atoms with Crippen LogP contribution in [0.25, 0.3) is 0 Å². The first-order chi connectivity index (χ1) is 12.9. The molecule has 1 unspecified atom stereocenters. The van der Waals surface area contributed by atoms with Gasteiger partial charge in [0.15, 0.2) is 11.6 Å². The molecule has 0 aromatic heterocycles. The average Bonchev–Trinajstić information content (AvgIpc) is 2.64. The number of benzene rings is 2. The van der Waals surface area contributed by atoms with Crippen molar-refractivity contribution in [2.45, 2.75) is 12.5 Å². The highest BCUT2D eigenvalue weighted by molar-refractivity contribution is 5.94. The van der Waals surface area contributed by atoms with Crippen LogP contribution in [0.3, 0.4) is 0 Å². The summed E-state index contributed by atoms with van der Waals surface area (Å²) in [5.74, 6) is -2.60. The predicted octanol–water partition coefficient (Wildman–Crippen LogP) is 3.07. The van der Waals surface area contributed by atoms with Crippen molar-refractivity contribution in [2.24, 2.45) is 0 Å². The molecule has 6 nitrogen and oxygen atoms in total. The Hall–Kier alpha value is -3.00. The molecule has 0 spiro atoms. The van der Waals surface area contributed by atoms with Gasteiger partial charge in [-0.05, 0) is 36.4 Å². The van der Waals surface area contributed by atoms with Crippen LogP contribution >= 0.6 is 0 Å². The zero-order valence-electron chi connectivity index (χ0n) is 14.2. The number of amides is 1. The van der Waals surface area contributed by atoms with Crippen LogP contribution in [0.4, 0.5) is 8.78 Å². The molecule has 1 amide bonds. The molecule has 0 bridgehead atoms. The molecular weight excluding hydrogens is 360 g/mol. The molecule has 1 aliphatic rings. The second kappa shape index (κ2) is 8.13. The van der Waals surface area contributed by atoms with Gasteiger partial charge >= 0.3 is 5.97 Å². The lowest BCUT2D eigenvalue weighted by atomic mass is 10.1. The SMILES string of the molecule is O=C(O)CC1CN(C(=O)c2ccc(Oc3ccc(F)cc3F)cc2)CCO1. The summed E-state index contributed by atoms with van der Waals surface area (Å²) >= 11 is 0. The average molecular weight is 377 g/mol. The quantitative estimate of drug-likeness (QED) is 0.867. The summed E-state index contributed by atoms with van der Waals surface area (Å²) in [6.45, 7) is 0.840. The van der Waals surface area contributed by atoms with E-state index in [0.717, 1.165) is 12.1 Å². The fraction of sp³-hybridized carbons (Fsp3) is 0.263. The molecule has 0 saturated carbocycles. The van der Waals surface area contributed by atoms with E-state index in [1.54, 1.807) is 0 Å². The predicted molar refractivity (Wildman–Crippen MR) is 90.8 cm³/mol. The Morgan fingerprint density at radius 1 is 1.19 bits per heavy atom. The first-order valence-corrected chi connectivity index (χ1v) is 8.28. The van der Waals surface area contributed by atoms with Gasteiger partial charge in [-0.2, -0.15) is 0 Å². The van der Waals surface area contributed by atoms with E-state index in [-0.39, 0.29) is 31.2 Å². The van der Waals surface area contributed by atoms with Crippen molar-refractivity contribution in [3.63, 3.8) is 0 Å². The summed E-state index contributed by atoms with van der Waals surface area (Å²) < 4.78 is 37.3. The van der Waals surface area contributed by atoms with Gasteiger partial charge in [0.05, 0.1) is 19.1 Å². The van der Waals surface area contributed by atoms with Gasteiger partial charge in [0.1, 0.15) is 11.6 Å². The number of aliphatic carboxylic acids is 1. The van der Waals surface area contributed by atoms with E-state index >= 15 is 0 Å². The molecule has 3 rings (SSSR count). The monoisotopic (exact) mass is 377 g/mol. The Morgan fingerprint density at radius 3 is 2.59 bits per heavy atom. The number of carbonyl (C=O) groups excluding carboxylic acids is 1. The molecule has 1 N–H and O–H groups in total. The fourth-order valence-electron chi connectivity index (χ4n) is 2.76. The molecule has 0 aliphatic carbocycles. The van der Waals surface area contributed by atoms with E-state index in [0.29, 0.717) is 17.9 Å². The van der Waals surface area contributed by atoms with E-state index < -0.39 is 23.7 Å². The van der Waals surface area contributed by atoms with Crippen LogP contribution in [0.1, 0.15) is 16.8 Å². The third kappa shape index (κ3) is 4.79. The molecule has 1 aliphatic heterocycles. The number of hydrogen-bond acceptors (Lipinski definition) is 4. The number of carboxylic acids is 1. The van der Waals surface area contributed by atoms with E-state index in [1.165, 1.54) is 35.2 Å². The third-order valence-corrected chi connectivity index (χ3v) is 4.05. The molecule has 2 aromatic carbocycles. The van der Waals surface area contributed by atoms with Crippen LogP contribution in [0, 0.1) is 11.6 Å². The molecule has 142 valence electrons. The Bertz CT molecular complexity index is 840. The van der Waals surface area contributed by atoms with Crippen LogP contribution in [0.15, 0.2) is 42.5 Å². The van der Waals surface area contributed by atoms with Crippen LogP contribution in [0.5, 0.6) is 11.5 Å². The lowest BCUT2D eigenvalue weighted by Gasteiger charge is -2.32. The topological polar surface area (TPSA) is 76.1 Å². The van der Waals surface area contributed by atoms with Crippen molar-refractivity contribution in [2.75, 3.05) is 19.7 Å². The largest absolute Gasteiger partial charge is 0.481 e. The Balaban J connectivity index is 1.65. The van der Waals surface area contributed by atoms with Gasteiger partial charge in [0, 0.05) is 24.7 Å². The van der Waals surface area contributed by atoms with Gasteiger partial charge in [0.2, 0.25) is 0 Å². The molecule has 2 aromatic rings. The van der Waals surface area contributed by atoms with Gasteiger partial charge in [-0.25, -0.2) is 8.78 Å². The molecule has 1 fully saturated rings. The Kier molecular flexibility index (Phi) is 5.66. The second-order valence-electron chi connectivity index (χ2n) is 6.04. The molecule has 8 heteroatoms. The highest BCUT2D eigenvalue weighted by atomic mass is 19.1. The van der Waals surface area contributed by atoms with Crippen molar-refractivity contribution in [3.05, 3.63) is 59.7 Å². The molecule has 1 saturated heterocycles. The maximum absolute atomic E-state index is 13.6. The lowest BCUT2D eigenvalue weighted by molar-refractivity contribution is -0.141. The van der Waals surface area contributed by atoms with Crippen molar-refractivity contribution >= 4 is 11.9 Å². The standard InChI is InChI=1S/C19H17F2NO5/c20-13-3-6-17(16(21)9-13)27-14-4-1-12(2-5-14)19(25)22-7-8-26-15(11-22)10-18(23)24/h1-6,9,15H,7-8,10-11H2,(H,23,24). The second-order valence-corrected chi connectivity index (χ2v) is 6.04.